The predicted molar refractivity (Wildman–Crippen MR) is 81.7 cm³/mol. The van der Waals surface area contributed by atoms with Gasteiger partial charge < -0.3 is 15.0 Å². The summed E-state index contributed by atoms with van der Waals surface area (Å²) in [4.78, 5) is 13.0. The lowest BCUT2D eigenvalue weighted by Gasteiger charge is -2.12. The summed E-state index contributed by atoms with van der Waals surface area (Å²) in [5.41, 5.74) is 0.722. The Balaban J connectivity index is 1.85. The lowest BCUT2D eigenvalue weighted by molar-refractivity contribution is 0.230. The van der Waals surface area contributed by atoms with E-state index in [2.05, 4.69) is 5.32 Å². The second-order valence-corrected chi connectivity index (χ2v) is 6.67. The first-order valence-corrected chi connectivity index (χ1v) is 7.17. The second kappa shape index (κ2) is 5.70. The zero-order valence-electron chi connectivity index (χ0n) is 11.7. The highest BCUT2D eigenvalue weighted by molar-refractivity contribution is 6.51. The van der Waals surface area contributed by atoms with Crippen LogP contribution in [0, 0.1) is 11.8 Å². The molecule has 1 aromatic carbocycles. The maximum atomic E-state index is 11.5. The topological polar surface area (TPSA) is 41.6 Å². The van der Waals surface area contributed by atoms with E-state index in [-0.39, 0.29) is 17.9 Å². The molecule has 110 valence electrons. The smallest absolute Gasteiger partial charge is 0.321 e. The van der Waals surface area contributed by atoms with Crippen LogP contribution in [0.3, 0.4) is 0 Å². The van der Waals surface area contributed by atoms with Gasteiger partial charge in [0.25, 0.3) is 0 Å². The number of hydrogen-bond donors (Lipinski definition) is 1. The molecule has 1 aliphatic rings. The first kappa shape index (κ1) is 15.3. The summed E-state index contributed by atoms with van der Waals surface area (Å²) in [6, 6.07) is 7.04. The van der Waals surface area contributed by atoms with Crippen LogP contribution in [-0.4, -0.2) is 36.0 Å². The first-order chi connectivity index (χ1) is 9.32. The molecular formula is C14H18Cl2N2O2. The fourth-order valence-corrected chi connectivity index (χ4v) is 2.55. The van der Waals surface area contributed by atoms with Gasteiger partial charge in [-0.1, -0.05) is 6.92 Å². The molecule has 0 radical (unpaired) electrons. The quantitative estimate of drug-likeness (QED) is 0.862. The number of nitrogens with one attached hydrogen (secondary N) is 1. The molecule has 1 aliphatic carbocycles. The van der Waals surface area contributed by atoms with Crippen LogP contribution in [0.5, 0.6) is 5.75 Å². The number of ether oxygens (including phenoxy) is 1. The Morgan fingerprint density at radius 2 is 1.90 bits per heavy atom. The number of carbonyl (C=O) groups excluding carboxylic acids is 1. The van der Waals surface area contributed by atoms with Gasteiger partial charge in [0.05, 0.1) is 6.61 Å². The van der Waals surface area contributed by atoms with E-state index in [0.29, 0.717) is 6.61 Å². The number of amides is 2. The fourth-order valence-electron chi connectivity index (χ4n) is 1.87. The molecular weight excluding hydrogens is 299 g/mol. The molecule has 1 fully saturated rings. The molecule has 4 nitrogen and oxygen atoms in total. The number of anilines is 1. The summed E-state index contributed by atoms with van der Waals surface area (Å²) < 4.78 is 5.00. The molecule has 1 aromatic rings. The molecule has 0 aliphatic heterocycles. The predicted octanol–water partition coefficient (Wildman–Crippen LogP) is 3.60. The first-order valence-electron chi connectivity index (χ1n) is 6.41. The van der Waals surface area contributed by atoms with Gasteiger partial charge in [-0.15, -0.1) is 23.2 Å². The SMILES string of the molecule is CC1C(COc2ccc(NC(=O)N(C)C)cc2)C1(Cl)Cl. The van der Waals surface area contributed by atoms with Crippen molar-refractivity contribution >= 4 is 34.9 Å². The van der Waals surface area contributed by atoms with E-state index in [0.717, 1.165) is 11.4 Å². The maximum absolute atomic E-state index is 11.5. The van der Waals surface area contributed by atoms with Crippen molar-refractivity contribution in [3.63, 3.8) is 0 Å². The molecule has 2 unspecified atom stereocenters. The summed E-state index contributed by atoms with van der Waals surface area (Å²) in [7, 11) is 3.38. The molecule has 20 heavy (non-hydrogen) atoms. The molecule has 0 spiro atoms. The molecule has 0 heterocycles. The van der Waals surface area contributed by atoms with E-state index in [1.807, 2.05) is 19.1 Å². The number of benzene rings is 1. The molecule has 1 saturated carbocycles. The Morgan fingerprint density at radius 3 is 2.35 bits per heavy atom. The second-order valence-electron chi connectivity index (χ2n) is 5.23. The minimum Gasteiger partial charge on any atom is -0.493 e. The van der Waals surface area contributed by atoms with Crippen LogP contribution in [-0.2, 0) is 0 Å². The average molecular weight is 317 g/mol. The third kappa shape index (κ3) is 3.30. The van der Waals surface area contributed by atoms with Crippen LogP contribution in [0.1, 0.15) is 6.92 Å². The van der Waals surface area contributed by atoms with E-state index in [4.69, 9.17) is 27.9 Å². The number of hydrogen-bond acceptors (Lipinski definition) is 2. The molecule has 2 amide bonds. The van der Waals surface area contributed by atoms with Gasteiger partial charge in [-0.3, -0.25) is 0 Å². The number of halogens is 2. The lowest BCUT2D eigenvalue weighted by atomic mass is 10.3. The van der Waals surface area contributed by atoms with Crippen LogP contribution in [0.4, 0.5) is 10.5 Å². The van der Waals surface area contributed by atoms with Crippen LogP contribution < -0.4 is 10.1 Å². The molecule has 1 N–H and O–H groups in total. The van der Waals surface area contributed by atoms with Crippen LogP contribution >= 0.6 is 23.2 Å². The Bertz CT molecular complexity index is 488. The highest BCUT2D eigenvalue weighted by Gasteiger charge is 2.60. The number of alkyl halides is 2. The van der Waals surface area contributed by atoms with Gasteiger partial charge in [-0.2, -0.15) is 0 Å². The van der Waals surface area contributed by atoms with E-state index in [1.54, 1.807) is 26.2 Å². The van der Waals surface area contributed by atoms with E-state index < -0.39 is 4.33 Å². The van der Waals surface area contributed by atoms with E-state index >= 15 is 0 Å². The minimum absolute atomic E-state index is 0.166. The van der Waals surface area contributed by atoms with Gasteiger partial charge in [0, 0.05) is 25.7 Å². The van der Waals surface area contributed by atoms with Crippen molar-refractivity contribution in [2.24, 2.45) is 11.8 Å². The zero-order valence-corrected chi connectivity index (χ0v) is 13.2. The summed E-state index contributed by atoms with van der Waals surface area (Å²) in [5.74, 6) is 1.15. The van der Waals surface area contributed by atoms with Crippen molar-refractivity contribution in [2.45, 2.75) is 11.3 Å². The molecule has 0 bridgehead atoms. The third-order valence-corrected chi connectivity index (χ3v) is 4.79. The minimum atomic E-state index is -0.653. The fraction of sp³-hybridized carbons (Fsp3) is 0.500. The molecule has 0 saturated heterocycles. The van der Waals surface area contributed by atoms with Crippen molar-refractivity contribution < 1.29 is 9.53 Å². The van der Waals surface area contributed by atoms with Gasteiger partial charge >= 0.3 is 6.03 Å². The summed E-state index contributed by atoms with van der Waals surface area (Å²) in [6.45, 7) is 2.51. The van der Waals surface area contributed by atoms with E-state index in [9.17, 15) is 4.79 Å². The number of carbonyl (C=O) groups is 1. The lowest BCUT2D eigenvalue weighted by Crippen LogP contribution is -2.27. The Hall–Kier alpha value is -1.13. The Morgan fingerprint density at radius 1 is 1.35 bits per heavy atom. The molecule has 0 aromatic heterocycles. The van der Waals surface area contributed by atoms with Crippen molar-refractivity contribution in [3.8, 4) is 5.75 Å². The van der Waals surface area contributed by atoms with Crippen LogP contribution in [0.2, 0.25) is 0 Å². The summed E-state index contributed by atoms with van der Waals surface area (Å²) in [6.07, 6.45) is 0. The summed E-state index contributed by atoms with van der Waals surface area (Å²) in [5, 5.41) is 2.76. The third-order valence-electron chi connectivity index (χ3n) is 3.54. The highest BCUT2D eigenvalue weighted by Crippen LogP contribution is 2.58. The molecule has 2 atom stereocenters. The zero-order chi connectivity index (χ0) is 14.9. The highest BCUT2D eigenvalue weighted by atomic mass is 35.5. The van der Waals surface area contributed by atoms with Gasteiger partial charge in [-0.05, 0) is 30.2 Å². The van der Waals surface area contributed by atoms with Crippen LogP contribution in [0.15, 0.2) is 24.3 Å². The van der Waals surface area contributed by atoms with Gasteiger partial charge in [-0.25, -0.2) is 4.79 Å². The van der Waals surface area contributed by atoms with Crippen molar-refractivity contribution in [1.29, 1.82) is 0 Å². The monoisotopic (exact) mass is 316 g/mol. The number of urea groups is 1. The summed E-state index contributed by atoms with van der Waals surface area (Å²) >= 11 is 12.1. The Kier molecular flexibility index (Phi) is 4.35. The van der Waals surface area contributed by atoms with Crippen LogP contribution in [0.25, 0.3) is 0 Å². The standard InChI is InChI=1S/C14H18Cl2N2O2/c1-9-12(14(9,15)16)8-20-11-6-4-10(5-7-11)17-13(19)18(2)3/h4-7,9,12H,8H2,1-3H3,(H,17,19). The largest absolute Gasteiger partial charge is 0.493 e. The van der Waals surface area contributed by atoms with Gasteiger partial charge in [0.15, 0.2) is 0 Å². The van der Waals surface area contributed by atoms with Crippen molar-refractivity contribution in [1.82, 2.24) is 4.90 Å². The number of nitrogens with zero attached hydrogens (tertiary/aromatic N) is 1. The molecule has 6 heteroatoms. The maximum Gasteiger partial charge on any atom is 0.321 e. The average Bonchev–Trinajstić information content (AvgIpc) is 2.87. The van der Waals surface area contributed by atoms with Gasteiger partial charge in [0.2, 0.25) is 0 Å². The number of rotatable bonds is 4. The van der Waals surface area contributed by atoms with E-state index in [1.165, 1.54) is 4.90 Å². The Labute approximate surface area is 129 Å². The molecule has 2 rings (SSSR count). The van der Waals surface area contributed by atoms with Crippen molar-refractivity contribution in [3.05, 3.63) is 24.3 Å². The van der Waals surface area contributed by atoms with Crippen molar-refractivity contribution in [2.75, 3.05) is 26.0 Å². The van der Waals surface area contributed by atoms with Gasteiger partial charge in [0.1, 0.15) is 10.1 Å². The normalized spacial score (nSPS) is 23.1.